The maximum Gasteiger partial charge on any atom is 0.295 e. The van der Waals surface area contributed by atoms with E-state index in [4.69, 9.17) is 0 Å². The van der Waals surface area contributed by atoms with Gasteiger partial charge in [0.15, 0.2) is 11.0 Å². The number of aromatic nitrogens is 5. The van der Waals surface area contributed by atoms with Gasteiger partial charge in [0, 0.05) is 26.6 Å². The van der Waals surface area contributed by atoms with Gasteiger partial charge in [-0.25, -0.2) is 4.68 Å². The van der Waals surface area contributed by atoms with E-state index in [9.17, 15) is 14.4 Å². The molecule has 0 aliphatic carbocycles. The van der Waals surface area contributed by atoms with Gasteiger partial charge in [-0.1, -0.05) is 36.4 Å². The second-order valence-corrected chi connectivity index (χ2v) is 9.48. The third-order valence-corrected chi connectivity index (χ3v) is 7.23. The zero-order valence-corrected chi connectivity index (χ0v) is 21.2. The van der Waals surface area contributed by atoms with Crippen molar-refractivity contribution in [2.75, 3.05) is 17.6 Å². The molecule has 4 rings (SSSR count). The van der Waals surface area contributed by atoms with Crippen LogP contribution in [0, 0.1) is 6.92 Å². The Balaban J connectivity index is 1.43. The quantitative estimate of drug-likeness (QED) is 0.480. The van der Waals surface area contributed by atoms with Gasteiger partial charge >= 0.3 is 0 Å². The van der Waals surface area contributed by atoms with Crippen LogP contribution in [0.4, 0.5) is 5.69 Å². The summed E-state index contributed by atoms with van der Waals surface area (Å²) in [6, 6.07) is 9.30. The molecular formula is C24H31N7O3S. The molecule has 0 radical (unpaired) electrons. The molecule has 0 unspecified atom stereocenters. The van der Waals surface area contributed by atoms with Crippen molar-refractivity contribution in [1.82, 2.24) is 29.0 Å². The summed E-state index contributed by atoms with van der Waals surface area (Å²) in [7, 11) is 1.79. The first-order valence-corrected chi connectivity index (χ1v) is 12.9. The van der Waals surface area contributed by atoms with E-state index in [1.165, 1.54) is 16.4 Å². The standard InChI is InChI=1S/C24H31N7O3S/c1-4-30-19(15-29-14-10-6-9-13-21(29)33)26-27-24(30)35-16-20(32)25-22-17(2)28(3)31(23(22)34)18-11-7-5-8-12-18/h5,7-8,11-12H,4,6,9-10,13-16H2,1-3H3,(H,25,32). The maximum absolute atomic E-state index is 13.0. The molecule has 1 fully saturated rings. The van der Waals surface area contributed by atoms with E-state index in [2.05, 4.69) is 15.5 Å². The Labute approximate surface area is 208 Å². The van der Waals surface area contributed by atoms with Gasteiger partial charge in [0.2, 0.25) is 11.8 Å². The number of carbonyl (C=O) groups is 2. The molecule has 2 aromatic heterocycles. The summed E-state index contributed by atoms with van der Waals surface area (Å²) < 4.78 is 5.19. The maximum atomic E-state index is 13.0. The molecule has 3 aromatic rings. The van der Waals surface area contributed by atoms with Crippen LogP contribution in [0.15, 0.2) is 40.3 Å². The van der Waals surface area contributed by atoms with E-state index in [1.807, 2.05) is 46.7 Å². The molecule has 1 aliphatic heterocycles. The van der Waals surface area contributed by atoms with E-state index in [-0.39, 0.29) is 28.8 Å². The average Bonchev–Trinajstić information content (AvgIpc) is 3.25. The summed E-state index contributed by atoms with van der Waals surface area (Å²) in [4.78, 5) is 40.0. The highest BCUT2D eigenvalue weighted by Gasteiger charge is 2.22. The fourth-order valence-electron chi connectivity index (χ4n) is 4.25. The van der Waals surface area contributed by atoms with Crippen molar-refractivity contribution in [1.29, 1.82) is 0 Å². The van der Waals surface area contributed by atoms with Gasteiger partial charge in [-0.15, -0.1) is 10.2 Å². The summed E-state index contributed by atoms with van der Waals surface area (Å²) in [6.45, 7) is 5.58. The zero-order chi connectivity index (χ0) is 24.9. The number of thioether (sulfide) groups is 1. The lowest BCUT2D eigenvalue weighted by molar-refractivity contribution is -0.131. The summed E-state index contributed by atoms with van der Waals surface area (Å²) in [5.74, 6) is 0.659. The average molecular weight is 498 g/mol. The number of rotatable bonds is 8. The van der Waals surface area contributed by atoms with Crippen LogP contribution in [-0.4, -0.2) is 53.1 Å². The van der Waals surface area contributed by atoms with E-state index in [1.54, 1.807) is 18.7 Å². The summed E-state index contributed by atoms with van der Waals surface area (Å²) in [6.07, 6.45) is 3.57. The topological polar surface area (TPSA) is 107 Å². The van der Waals surface area contributed by atoms with Crippen molar-refractivity contribution in [3.63, 3.8) is 0 Å². The van der Waals surface area contributed by atoms with Crippen molar-refractivity contribution in [2.24, 2.45) is 7.05 Å². The van der Waals surface area contributed by atoms with Crippen LogP contribution >= 0.6 is 11.8 Å². The number of hydrogen-bond acceptors (Lipinski definition) is 6. The lowest BCUT2D eigenvalue weighted by Gasteiger charge is -2.20. The summed E-state index contributed by atoms with van der Waals surface area (Å²) >= 11 is 1.26. The molecule has 0 spiro atoms. The minimum absolute atomic E-state index is 0.0832. The molecule has 3 heterocycles. The Bertz CT molecular complexity index is 1260. The van der Waals surface area contributed by atoms with Crippen molar-refractivity contribution in [3.05, 3.63) is 52.2 Å². The first-order chi connectivity index (χ1) is 16.9. The molecule has 1 N–H and O–H groups in total. The van der Waals surface area contributed by atoms with E-state index >= 15 is 0 Å². The number of amides is 2. The van der Waals surface area contributed by atoms with Gasteiger partial charge < -0.3 is 14.8 Å². The molecule has 0 bridgehead atoms. The Morgan fingerprint density at radius 3 is 2.63 bits per heavy atom. The smallest absolute Gasteiger partial charge is 0.295 e. The number of nitrogens with one attached hydrogen (secondary N) is 1. The molecule has 1 aliphatic rings. The molecule has 11 heteroatoms. The molecule has 35 heavy (non-hydrogen) atoms. The molecule has 0 atom stereocenters. The third kappa shape index (κ3) is 5.34. The SMILES string of the molecule is CCn1c(CN2CCCCCC2=O)nnc1SCC(=O)Nc1c(C)n(C)n(-c2ccccc2)c1=O. The predicted molar refractivity (Wildman–Crippen MR) is 135 cm³/mol. The number of para-hydroxylation sites is 1. The number of benzene rings is 1. The molecule has 0 saturated carbocycles. The third-order valence-electron chi connectivity index (χ3n) is 6.26. The van der Waals surface area contributed by atoms with Gasteiger partial charge in [0.05, 0.1) is 23.7 Å². The Morgan fingerprint density at radius 2 is 1.89 bits per heavy atom. The monoisotopic (exact) mass is 497 g/mol. The second kappa shape index (κ2) is 10.9. The number of carbonyl (C=O) groups excluding carboxylic acids is 2. The van der Waals surface area contributed by atoms with Crippen LogP contribution < -0.4 is 10.9 Å². The van der Waals surface area contributed by atoms with Gasteiger partial charge in [0.1, 0.15) is 5.69 Å². The lowest BCUT2D eigenvalue weighted by atomic mass is 10.2. The van der Waals surface area contributed by atoms with Crippen LogP contribution in [0.3, 0.4) is 0 Å². The highest BCUT2D eigenvalue weighted by atomic mass is 32.2. The minimum atomic E-state index is -0.295. The van der Waals surface area contributed by atoms with Crippen LogP contribution in [0.1, 0.15) is 44.1 Å². The predicted octanol–water partition coefficient (Wildman–Crippen LogP) is 2.73. The number of likely N-dealkylation sites (tertiary alicyclic amines) is 1. The summed E-state index contributed by atoms with van der Waals surface area (Å²) in [5, 5.41) is 12.0. The van der Waals surface area contributed by atoms with Crippen molar-refractivity contribution in [2.45, 2.75) is 57.8 Å². The van der Waals surface area contributed by atoms with Gasteiger partial charge in [0.25, 0.3) is 5.56 Å². The highest BCUT2D eigenvalue weighted by molar-refractivity contribution is 7.99. The number of nitrogens with zero attached hydrogens (tertiary/aromatic N) is 6. The first-order valence-electron chi connectivity index (χ1n) is 11.9. The first kappa shape index (κ1) is 24.8. The molecule has 10 nitrogen and oxygen atoms in total. The van der Waals surface area contributed by atoms with Crippen LogP contribution in [0.25, 0.3) is 5.69 Å². The van der Waals surface area contributed by atoms with Gasteiger partial charge in [-0.05, 0) is 38.8 Å². The fourth-order valence-corrected chi connectivity index (χ4v) is 5.08. The van der Waals surface area contributed by atoms with Crippen LogP contribution in [0.2, 0.25) is 0 Å². The molecular weight excluding hydrogens is 466 g/mol. The van der Waals surface area contributed by atoms with Crippen molar-refractivity contribution < 1.29 is 9.59 Å². The molecule has 2 amide bonds. The Hall–Kier alpha value is -3.34. The molecule has 1 aromatic carbocycles. The van der Waals surface area contributed by atoms with E-state index in [0.29, 0.717) is 30.4 Å². The van der Waals surface area contributed by atoms with Crippen molar-refractivity contribution >= 4 is 29.3 Å². The van der Waals surface area contributed by atoms with Crippen LogP contribution in [-0.2, 0) is 29.7 Å². The molecule has 186 valence electrons. The van der Waals surface area contributed by atoms with Crippen LogP contribution in [0.5, 0.6) is 0 Å². The Kier molecular flexibility index (Phi) is 7.74. The summed E-state index contributed by atoms with van der Waals surface area (Å²) in [5.41, 5.74) is 1.37. The van der Waals surface area contributed by atoms with Gasteiger partial charge in [-0.2, -0.15) is 0 Å². The van der Waals surface area contributed by atoms with Crippen molar-refractivity contribution in [3.8, 4) is 5.69 Å². The minimum Gasteiger partial charge on any atom is -0.335 e. The lowest BCUT2D eigenvalue weighted by Crippen LogP contribution is -2.31. The van der Waals surface area contributed by atoms with Gasteiger partial charge in [-0.3, -0.25) is 19.1 Å². The fraction of sp³-hybridized carbons (Fsp3) is 0.458. The largest absolute Gasteiger partial charge is 0.335 e. The number of anilines is 1. The second-order valence-electron chi connectivity index (χ2n) is 8.54. The zero-order valence-electron chi connectivity index (χ0n) is 20.4. The van der Waals surface area contributed by atoms with E-state index in [0.717, 1.165) is 37.3 Å². The highest BCUT2D eigenvalue weighted by Crippen LogP contribution is 2.21. The number of hydrogen-bond donors (Lipinski definition) is 1. The Morgan fingerprint density at radius 1 is 1.11 bits per heavy atom. The molecule has 1 saturated heterocycles. The normalized spacial score (nSPS) is 14.3. The van der Waals surface area contributed by atoms with E-state index < -0.39 is 0 Å².